The van der Waals surface area contributed by atoms with Gasteiger partial charge in [-0.1, -0.05) is 25.5 Å². The van der Waals surface area contributed by atoms with Crippen LogP contribution < -0.4 is 0 Å². The fourth-order valence-electron chi connectivity index (χ4n) is 2.38. The van der Waals surface area contributed by atoms with Crippen LogP contribution in [0.2, 0.25) is 0 Å². The van der Waals surface area contributed by atoms with Crippen LogP contribution in [0.25, 0.3) is 0 Å². The van der Waals surface area contributed by atoms with Crippen LogP contribution in [0.15, 0.2) is 11.6 Å². The molecule has 94 valence electrons. The van der Waals surface area contributed by atoms with Gasteiger partial charge in [0.25, 0.3) is 0 Å². The first-order chi connectivity index (χ1) is 7.24. The van der Waals surface area contributed by atoms with Gasteiger partial charge in [0.1, 0.15) is 0 Å². The first-order valence-electron chi connectivity index (χ1n) is 6.17. The van der Waals surface area contributed by atoms with E-state index < -0.39 is 0 Å². The fourth-order valence-corrected chi connectivity index (χ4v) is 2.38. The van der Waals surface area contributed by atoms with Gasteiger partial charge in [0.15, 0.2) is 0 Å². The molecule has 0 radical (unpaired) electrons. The van der Waals surface area contributed by atoms with Gasteiger partial charge in [-0.25, -0.2) is 0 Å². The van der Waals surface area contributed by atoms with Gasteiger partial charge in [-0.05, 0) is 44.9 Å². The molecule has 1 rings (SSSR count). The highest BCUT2D eigenvalue weighted by Crippen LogP contribution is 2.37. The molecular formula is C14H26O2. The fraction of sp³-hybridized carbons (Fsp3) is 0.857. The van der Waals surface area contributed by atoms with Crippen molar-refractivity contribution < 1.29 is 9.84 Å². The zero-order valence-corrected chi connectivity index (χ0v) is 11.3. The molecule has 0 saturated carbocycles. The Kier molecular flexibility index (Phi) is 4.19. The molecule has 16 heavy (non-hydrogen) atoms. The minimum atomic E-state index is -0.260. The number of aliphatic hydroxyl groups excluding tert-OH is 1. The topological polar surface area (TPSA) is 29.5 Å². The zero-order chi connectivity index (χ0) is 12.4. The molecule has 0 aromatic carbocycles. The molecule has 2 heteroatoms. The van der Waals surface area contributed by atoms with Crippen molar-refractivity contribution in [2.24, 2.45) is 5.41 Å². The summed E-state index contributed by atoms with van der Waals surface area (Å²) in [5.41, 5.74) is 1.56. The summed E-state index contributed by atoms with van der Waals surface area (Å²) in [7, 11) is 1.76. The Morgan fingerprint density at radius 1 is 1.50 bits per heavy atom. The van der Waals surface area contributed by atoms with E-state index in [1.165, 1.54) is 5.57 Å². The number of hydrogen-bond acceptors (Lipinski definition) is 2. The number of ether oxygens (including phenoxy) is 1. The van der Waals surface area contributed by atoms with Crippen molar-refractivity contribution in [3.63, 3.8) is 0 Å². The van der Waals surface area contributed by atoms with Gasteiger partial charge >= 0.3 is 0 Å². The summed E-state index contributed by atoms with van der Waals surface area (Å²) >= 11 is 0. The summed E-state index contributed by atoms with van der Waals surface area (Å²) in [6.07, 6.45) is 5.80. The van der Waals surface area contributed by atoms with Crippen molar-refractivity contribution in [3.05, 3.63) is 11.6 Å². The van der Waals surface area contributed by atoms with Crippen LogP contribution in [-0.2, 0) is 4.74 Å². The summed E-state index contributed by atoms with van der Waals surface area (Å²) < 4.78 is 5.42. The minimum Gasteiger partial charge on any atom is -0.389 e. The Morgan fingerprint density at radius 3 is 2.62 bits per heavy atom. The molecule has 1 aliphatic carbocycles. The Hall–Kier alpha value is -0.340. The number of methoxy groups -OCH3 is 1. The second-order valence-electron chi connectivity index (χ2n) is 6.40. The first kappa shape index (κ1) is 13.7. The van der Waals surface area contributed by atoms with Gasteiger partial charge in [0, 0.05) is 7.11 Å². The minimum absolute atomic E-state index is 0.0621. The van der Waals surface area contributed by atoms with Gasteiger partial charge < -0.3 is 9.84 Å². The number of allylic oxidation sites excluding steroid dienone is 1. The van der Waals surface area contributed by atoms with E-state index in [0.29, 0.717) is 0 Å². The molecule has 0 aliphatic heterocycles. The lowest BCUT2D eigenvalue weighted by atomic mass is 9.75. The molecular weight excluding hydrogens is 200 g/mol. The van der Waals surface area contributed by atoms with Crippen molar-refractivity contribution in [3.8, 4) is 0 Å². The average molecular weight is 226 g/mol. The van der Waals surface area contributed by atoms with Crippen LogP contribution in [0, 0.1) is 5.41 Å². The molecule has 0 heterocycles. The van der Waals surface area contributed by atoms with Crippen LogP contribution in [0.1, 0.15) is 53.4 Å². The van der Waals surface area contributed by atoms with E-state index >= 15 is 0 Å². The maximum absolute atomic E-state index is 9.79. The monoisotopic (exact) mass is 226 g/mol. The molecule has 0 amide bonds. The van der Waals surface area contributed by atoms with E-state index in [4.69, 9.17) is 4.74 Å². The normalized spacial score (nSPS) is 25.4. The predicted molar refractivity (Wildman–Crippen MR) is 67.4 cm³/mol. The maximum atomic E-state index is 9.79. The molecule has 0 fully saturated rings. The van der Waals surface area contributed by atoms with E-state index in [1.54, 1.807) is 7.11 Å². The molecule has 1 unspecified atom stereocenters. The van der Waals surface area contributed by atoms with E-state index in [0.717, 1.165) is 25.7 Å². The number of aliphatic hydroxyl groups is 1. The first-order valence-corrected chi connectivity index (χ1v) is 6.17. The third-order valence-corrected chi connectivity index (χ3v) is 3.50. The second-order valence-corrected chi connectivity index (χ2v) is 6.40. The molecule has 0 aromatic rings. The highest BCUT2D eigenvalue weighted by molar-refractivity contribution is 5.13. The standard InChI is InChI=1S/C14H26O2/c1-13(2)9-11(8-12(15)10-13)6-7-14(3,4)16-5/h8,12,15H,6-7,9-10H2,1-5H3. The van der Waals surface area contributed by atoms with Crippen molar-refractivity contribution in [1.29, 1.82) is 0 Å². The Bertz CT molecular complexity index is 264. The van der Waals surface area contributed by atoms with E-state index in [2.05, 4.69) is 27.7 Å². The largest absolute Gasteiger partial charge is 0.389 e. The quantitative estimate of drug-likeness (QED) is 0.745. The highest BCUT2D eigenvalue weighted by atomic mass is 16.5. The van der Waals surface area contributed by atoms with Gasteiger partial charge in [0.2, 0.25) is 0 Å². The SMILES string of the molecule is COC(C)(C)CCC1=CC(O)CC(C)(C)C1. The van der Waals surface area contributed by atoms with Crippen molar-refractivity contribution in [2.75, 3.05) is 7.11 Å². The highest BCUT2D eigenvalue weighted by Gasteiger charge is 2.28. The summed E-state index contributed by atoms with van der Waals surface area (Å²) in [6.45, 7) is 8.67. The van der Waals surface area contributed by atoms with E-state index in [-0.39, 0.29) is 17.1 Å². The maximum Gasteiger partial charge on any atom is 0.0728 e. The van der Waals surface area contributed by atoms with Crippen LogP contribution in [0.4, 0.5) is 0 Å². The Morgan fingerprint density at radius 2 is 2.12 bits per heavy atom. The Labute approximate surface area is 99.7 Å². The molecule has 2 nitrogen and oxygen atoms in total. The number of hydrogen-bond donors (Lipinski definition) is 1. The lowest BCUT2D eigenvalue weighted by Crippen LogP contribution is -2.27. The van der Waals surface area contributed by atoms with Crippen molar-refractivity contribution in [2.45, 2.75) is 65.1 Å². The predicted octanol–water partition coefficient (Wildman–Crippen LogP) is 3.30. The lowest BCUT2D eigenvalue weighted by molar-refractivity contribution is 0.0149. The molecule has 0 aromatic heterocycles. The average Bonchev–Trinajstić information content (AvgIpc) is 2.12. The molecule has 0 spiro atoms. The van der Waals surface area contributed by atoms with Gasteiger partial charge in [-0.15, -0.1) is 0 Å². The van der Waals surface area contributed by atoms with Crippen LogP contribution in [-0.4, -0.2) is 23.9 Å². The van der Waals surface area contributed by atoms with Gasteiger partial charge in [-0.3, -0.25) is 0 Å². The van der Waals surface area contributed by atoms with Crippen molar-refractivity contribution >= 4 is 0 Å². The van der Waals surface area contributed by atoms with Gasteiger partial charge in [-0.2, -0.15) is 0 Å². The summed E-state index contributed by atoms with van der Waals surface area (Å²) in [5, 5.41) is 9.79. The van der Waals surface area contributed by atoms with Crippen LogP contribution in [0.5, 0.6) is 0 Å². The molecule has 0 saturated heterocycles. The third-order valence-electron chi connectivity index (χ3n) is 3.50. The third kappa shape index (κ3) is 4.26. The Balaban J connectivity index is 2.55. The summed E-state index contributed by atoms with van der Waals surface area (Å²) in [5.74, 6) is 0. The second kappa shape index (κ2) is 4.89. The molecule has 1 aliphatic rings. The van der Waals surface area contributed by atoms with Crippen molar-refractivity contribution in [1.82, 2.24) is 0 Å². The summed E-state index contributed by atoms with van der Waals surface area (Å²) in [4.78, 5) is 0. The summed E-state index contributed by atoms with van der Waals surface area (Å²) in [6, 6.07) is 0. The zero-order valence-electron chi connectivity index (χ0n) is 11.3. The molecule has 0 bridgehead atoms. The molecule has 1 N–H and O–H groups in total. The number of rotatable bonds is 4. The smallest absolute Gasteiger partial charge is 0.0728 e. The van der Waals surface area contributed by atoms with Crippen LogP contribution in [0.3, 0.4) is 0 Å². The lowest BCUT2D eigenvalue weighted by Gasteiger charge is -2.33. The van der Waals surface area contributed by atoms with E-state index in [9.17, 15) is 5.11 Å². The molecule has 1 atom stereocenters. The van der Waals surface area contributed by atoms with Gasteiger partial charge in [0.05, 0.1) is 11.7 Å². The van der Waals surface area contributed by atoms with E-state index in [1.807, 2.05) is 6.08 Å². The van der Waals surface area contributed by atoms with Crippen LogP contribution >= 0.6 is 0 Å².